The molecule has 3 nitrogen and oxygen atoms in total. The first-order valence-corrected chi connectivity index (χ1v) is 9.53. The summed E-state index contributed by atoms with van der Waals surface area (Å²) in [5, 5.41) is 3.84. The minimum Gasteiger partial charge on any atom is -0.312 e. The summed E-state index contributed by atoms with van der Waals surface area (Å²) in [7, 11) is 0. The zero-order chi connectivity index (χ0) is 14.5. The molecule has 0 aromatic carbocycles. The molecule has 0 bridgehead atoms. The van der Waals surface area contributed by atoms with E-state index in [1.165, 1.54) is 90.6 Å². The van der Waals surface area contributed by atoms with E-state index in [2.05, 4.69) is 22.0 Å². The third-order valence-electron chi connectivity index (χ3n) is 6.10. The maximum atomic E-state index is 3.84. The van der Waals surface area contributed by atoms with Gasteiger partial charge < -0.3 is 10.2 Å². The van der Waals surface area contributed by atoms with Gasteiger partial charge in [-0.05, 0) is 57.7 Å². The monoisotopic (exact) mass is 293 g/mol. The lowest BCUT2D eigenvalue weighted by Crippen LogP contribution is -2.43. The van der Waals surface area contributed by atoms with Crippen LogP contribution < -0.4 is 5.32 Å². The van der Waals surface area contributed by atoms with Crippen LogP contribution in [0.15, 0.2) is 0 Å². The van der Waals surface area contributed by atoms with Gasteiger partial charge in [0.05, 0.1) is 0 Å². The normalized spacial score (nSPS) is 36.1. The van der Waals surface area contributed by atoms with Gasteiger partial charge in [-0.3, -0.25) is 4.90 Å². The van der Waals surface area contributed by atoms with Crippen LogP contribution in [0.2, 0.25) is 0 Å². The van der Waals surface area contributed by atoms with E-state index < -0.39 is 0 Å². The SMILES string of the molecule is CC1CCCCC1NCCN1CCC(N2CCCCC2)C1. The third-order valence-corrected chi connectivity index (χ3v) is 6.10. The summed E-state index contributed by atoms with van der Waals surface area (Å²) in [5.74, 6) is 0.887. The molecule has 2 saturated heterocycles. The Bertz CT molecular complexity index is 301. The smallest absolute Gasteiger partial charge is 0.0235 e. The predicted molar refractivity (Wildman–Crippen MR) is 89.7 cm³/mol. The maximum absolute atomic E-state index is 3.84. The zero-order valence-corrected chi connectivity index (χ0v) is 14.0. The fourth-order valence-corrected chi connectivity index (χ4v) is 4.62. The fourth-order valence-electron chi connectivity index (χ4n) is 4.62. The van der Waals surface area contributed by atoms with Crippen LogP contribution in [-0.4, -0.2) is 61.2 Å². The second-order valence-electron chi connectivity index (χ2n) is 7.66. The van der Waals surface area contributed by atoms with Crippen molar-refractivity contribution in [1.82, 2.24) is 15.1 Å². The molecule has 3 heteroatoms. The molecule has 3 rings (SSSR count). The highest BCUT2D eigenvalue weighted by Gasteiger charge is 2.28. The van der Waals surface area contributed by atoms with Gasteiger partial charge in [0.15, 0.2) is 0 Å². The molecule has 0 aromatic rings. The van der Waals surface area contributed by atoms with Crippen LogP contribution in [0, 0.1) is 5.92 Å². The van der Waals surface area contributed by atoms with Crippen LogP contribution >= 0.6 is 0 Å². The third kappa shape index (κ3) is 4.43. The van der Waals surface area contributed by atoms with Gasteiger partial charge in [-0.1, -0.05) is 26.2 Å². The van der Waals surface area contributed by atoms with Crippen LogP contribution in [0.4, 0.5) is 0 Å². The van der Waals surface area contributed by atoms with Gasteiger partial charge in [-0.25, -0.2) is 0 Å². The van der Waals surface area contributed by atoms with E-state index in [1.54, 1.807) is 0 Å². The van der Waals surface area contributed by atoms with Crippen molar-refractivity contribution >= 4 is 0 Å². The Balaban J connectivity index is 1.33. The predicted octanol–water partition coefficient (Wildman–Crippen LogP) is 2.71. The highest BCUT2D eigenvalue weighted by atomic mass is 15.3. The van der Waals surface area contributed by atoms with Gasteiger partial charge in [-0.15, -0.1) is 0 Å². The van der Waals surface area contributed by atoms with Gasteiger partial charge >= 0.3 is 0 Å². The van der Waals surface area contributed by atoms with Crippen molar-refractivity contribution in [2.75, 3.05) is 39.3 Å². The second kappa shape index (κ2) is 7.94. The van der Waals surface area contributed by atoms with Crippen molar-refractivity contribution in [2.45, 2.75) is 70.4 Å². The van der Waals surface area contributed by atoms with E-state index in [0.29, 0.717) is 0 Å². The topological polar surface area (TPSA) is 18.5 Å². The van der Waals surface area contributed by atoms with Crippen LogP contribution in [0.5, 0.6) is 0 Å². The Morgan fingerprint density at radius 3 is 2.52 bits per heavy atom. The van der Waals surface area contributed by atoms with Crippen LogP contribution in [0.3, 0.4) is 0 Å². The summed E-state index contributed by atoms with van der Waals surface area (Å²) in [6.45, 7) is 10.2. The Hall–Kier alpha value is -0.120. The van der Waals surface area contributed by atoms with E-state index in [0.717, 1.165) is 18.0 Å². The summed E-state index contributed by atoms with van der Waals surface area (Å²) in [5.41, 5.74) is 0. The number of likely N-dealkylation sites (tertiary alicyclic amines) is 2. The molecular weight excluding hydrogens is 258 g/mol. The molecule has 2 heterocycles. The second-order valence-corrected chi connectivity index (χ2v) is 7.66. The Morgan fingerprint density at radius 1 is 0.905 bits per heavy atom. The molecule has 21 heavy (non-hydrogen) atoms. The lowest BCUT2D eigenvalue weighted by molar-refractivity contribution is 0.161. The maximum Gasteiger partial charge on any atom is 0.0235 e. The minimum absolute atomic E-state index is 0.791. The standard InChI is InChI=1S/C18H35N3/c1-16-7-3-4-8-18(16)19-10-14-20-13-9-17(15-20)21-11-5-2-6-12-21/h16-19H,2-15H2,1H3. The summed E-state index contributed by atoms with van der Waals surface area (Å²) in [6.07, 6.45) is 11.4. The first kappa shape index (κ1) is 15.8. The Labute approximate surface area is 131 Å². The lowest BCUT2D eigenvalue weighted by atomic mass is 9.86. The zero-order valence-electron chi connectivity index (χ0n) is 14.0. The molecule has 0 amide bonds. The summed E-state index contributed by atoms with van der Waals surface area (Å²) in [6, 6.07) is 1.65. The minimum atomic E-state index is 0.791. The number of rotatable bonds is 5. The molecule has 2 aliphatic heterocycles. The Morgan fingerprint density at radius 2 is 1.71 bits per heavy atom. The van der Waals surface area contributed by atoms with E-state index >= 15 is 0 Å². The molecule has 0 spiro atoms. The lowest BCUT2D eigenvalue weighted by Gasteiger charge is -2.32. The fraction of sp³-hybridized carbons (Fsp3) is 1.00. The van der Waals surface area contributed by atoms with Gasteiger partial charge in [0.25, 0.3) is 0 Å². The number of hydrogen-bond acceptors (Lipinski definition) is 3. The van der Waals surface area contributed by atoms with Gasteiger partial charge in [-0.2, -0.15) is 0 Å². The number of nitrogens with one attached hydrogen (secondary N) is 1. The molecular formula is C18H35N3. The number of hydrogen-bond donors (Lipinski definition) is 1. The summed E-state index contributed by atoms with van der Waals surface area (Å²) < 4.78 is 0. The van der Waals surface area contributed by atoms with Crippen LogP contribution in [-0.2, 0) is 0 Å². The molecule has 3 aliphatic rings. The molecule has 1 aliphatic carbocycles. The van der Waals surface area contributed by atoms with Crippen molar-refractivity contribution in [1.29, 1.82) is 0 Å². The Kier molecular flexibility index (Phi) is 5.96. The van der Waals surface area contributed by atoms with E-state index in [1.807, 2.05) is 0 Å². The molecule has 0 aromatic heterocycles. The van der Waals surface area contributed by atoms with Crippen molar-refractivity contribution in [3.05, 3.63) is 0 Å². The van der Waals surface area contributed by atoms with Crippen molar-refractivity contribution in [3.8, 4) is 0 Å². The molecule has 122 valence electrons. The van der Waals surface area contributed by atoms with Crippen molar-refractivity contribution in [2.24, 2.45) is 5.92 Å². The molecule has 1 saturated carbocycles. The van der Waals surface area contributed by atoms with E-state index in [4.69, 9.17) is 0 Å². The largest absolute Gasteiger partial charge is 0.312 e. The molecule has 3 atom stereocenters. The van der Waals surface area contributed by atoms with Crippen LogP contribution in [0.1, 0.15) is 58.3 Å². The summed E-state index contributed by atoms with van der Waals surface area (Å²) in [4.78, 5) is 5.46. The van der Waals surface area contributed by atoms with Gasteiger partial charge in [0, 0.05) is 31.7 Å². The molecule has 3 unspecified atom stereocenters. The summed E-state index contributed by atoms with van der Waals surface area (Å²) >= 11 is 0. The first-order valence-electron chi connectivity index (χ1n) is 9.53. The van der Waals surface area contributed by atoms with Crippen LogP contribution in [0.25, 0.3) is 0 Å². The number of nitrogens with zero attached hydrogens (tertiary/aromatic N) is 2. The molecule has 3 fully saturated rings. The van der Waals surface area contributed by atoms with E-state index in [9.17, 15) is 0 Å². The van der Waals surface area contributed by atoms with Crippen molar-refractivity contribution < 1.29 is 0 Å². The van der Waals surface area contributed by atoms with Gasteiger partial charge in [0.2, 0.25) is 0 Å². The van der Waals surface area contributed by atoms with Gasteiger partial charge in [0.1, 0.15) is 0 Å². The van der Waals surface area contributed by atoms with Crippen molar-refractivity contribution in [3.63, 3.8) is 0 Å². The highest BCUT2D eigenvalue weighted by Crippen LogP contribution is 2.24. The highest BCUT2D eigenvalue weighted by molar-refractivity contribution is 4.85. The number of piperidine rings is 1. The van der Waals surface area contributed by atoms with E-state index in [-0.39, 0.29) is 0 Å². The molecule has 0 radical (unpaired) electrons. The average molecular weight is 293 g/mol. The first-order chi connectivity index (χ1) is 10.3. The quantitative estimate of drug-likeness (QED) is 0.841. The molecule has 1 N–H and O–H groups in total. The average Bonchev–Trinajstić information content (AvgIpc) is 2.99.